The van der Waals surface area contributed by atoms with Gasteiger partial charge in [0.1, 0.15) is 11.5 Å². The number of ketones is 1. The molecule has 92 valence electrons. The van der Waals surface area contributed by atoms with Crippen molar-refractivity contribution in [2.75, 3.05) is 13.7 Å². The Bertz CT molecular complexity index is 450. The first-order valence-corrected chi connectivity index (χ1v) is 5.10. The van der Waals surface area contributed by atoms with Crippen LogP contribution in [0.15, 0.2) is 12.1 Å². The summed E-state index contributed by atoms with van der Waals surface area (Å²) in [5, 5.41) is 9.79. The zero-order valence-electron chi connectivity index (χ0n) is 9.94. The van der Waals surface area contributed by atoms with Crippen LogP contribution in [0.5, 0.6) is 11.5 Å². The molecule has 0 aliphatic heterocycles. The van der Waals surface area contributed by atoms with Crippen molar-refractivity contribution in [3.05, 3.63) is 23.3 Å². The van der Waals surface area contributed by atoms with Gasteiger partial charge in [0.2, 0.25) is 0 Å². The zero-order valence-corrected chi connectivity index (χ0v) is 9.94. The molecule has 1 aromatic carbocycles. The Hall–Kier alpha value is -2.04. The third-order valence-electron chi connectivity index (χ3n) is 2.31. The van der Waals surface area contributed by atoms with Crippen molar-refractivity contribution in [1.29, 1.82) is 0 Å². The number of carbonyl (C=O) groups is 2. The number of aromatic hydroxyl groups is 1. The summed E-state index contributed by atoms with van der Waals surface area (Å²) in [6.45, 7) is 3.31. The first-order valence-electron chi connectivity index (χ1n) is 5.10. The molecular weight excluding hydrogens is 224 g/mol. The molecule has 0 heterocycles. The summed E-state index contributed by atoms with van der Waals surface area (Å²) in [5.41, 5.74) is 0.324. The van der Waals surface area contributed by atoms with E-state index in [1.165, 1.54) is 19.2 Å². The molecule has 1 N–H and O–H groups in total. The predicted molar refractivity (Wildman–Crippen MR) is 60.4 cm³/mol. The quantitative estimate of drug-likeness (QED) is 0.488. The van der Waals surface area contributed by atoms with Crippen molar-refractivity contribution in [2.24, 2.45) is 0 Å². The fraction of sp³-hybridized carbons (Fsp3) is 0.333. The highest BCUT2D eigenvalue weighted by Gasteiger charge is 2.22. The van der Waals surface area contributed by atoms with E-state index in [1.54, 1.807) is 13.8 Å². The van der Waals surface area contributed by atoms with Crippen LogP contribution in [-0.2, 0) is 9.53 Å². The van der Waals surface area contributed by atoms with Crippen LogP contribution in [-0.4, -0.2) is 30.6 Å². The average Bonchev–Trinajstić information content (AvgIpc) is 2.32. The molecule has 0 saturated carbocycles. The molecule has 5 heteroatoms. The van der Waals surface area contributed by atoms with Gasteiger partial charge in [-0.05, 0) is 26.0 Å². The van der Waals surface area contributed by atoms with E-state index in [1.807, 2.05) is 0 Å². The van der Waals surface area contributed by atoms with Crippen molar-refractivity contribution in [1.82, 2.24) is 0 Å². The first kappa shape index (κ1) is 13.0. The number of esters is 1. The van der Waals surface area contributed by atoms with Crippen LogP contribution in [0.3, 0.4) is 0 Å². The maximum atomic E-state index is 11.6. The highest BCUT2D eigenvalue weighted by Crippen LogP contribution is 2.30. The van der Waals surface area contributed by atoms with Crippen LogP contribution >= 0.6 is 0 Å². The van der Waals surface area contributed by atoms with Gasteiger partial charge in [-0.25, -0.2) is 4.79 Å². The number of methoxy groups -OCH3 is 1. The third-order valence-corrected chi connectivity index (χ3v) is 2.31. The summed E-state index contributed by atoms with van der Waals surface area (Å²) in [6, 6.07) is 2.85. The molecular formula is C12H14O5. The second kappa shape index (κ2) is 5.34. The molecule has 0 aliphatic carbocycles. The van der Waals surface area contributed by atoms with Crippen molar-refractivity contribution < 1.29 is 24.2 Å². The maximum absolute atomic E-state index is 11.6. The van der Waals surface area contributed by atoms with Crippen LogP contribution in [0.2, 0.25) is 0 Å². The fourth-order valence-electron chi connectivity index (χ4n) is 1.39. The minimum absolute atomic E-state index is 0.0817. The number of phenols is 1. The van der Waals surface area contributed by atoms with Crippen molar-refractivity contribution in [2.45, 2.75) is 13.8 Å². The summed E-state index contributed by atoms with van der Waals surface area (Å²) in [7, 11) is 1.45. The Morgan fingerprint density at radius 2 is 2.00 bits per heavy atom. The molecule has 0 saturated heterocycles. The lowest BCUT2D eigenvalue weighted by Crippen LogP contribution is -2.17. The summed E-state index contributed by atoms with van der Waals surface area (Å²) in [4.78, 5) is 22.9. The monoisotopic (exact) mass is 238 g/mol. The second-order valence-corrected chi connectivity index (χ2v) is 3.34. The van der Waals surface area contributed by atoms with Gasteiger partial charge in [0.25, 0.3) is 5.78 Å². The van der Waals surface area contributed by atoms with Gasteiger partial charge in [-0.15, -0.1) is 0 Å². The largest absolute Gasteiger partial charge is 0.507 e. The molecule has 0 spiro atoms. The van der Waals surface area contributed by atoms with E-state index >= 15 is 0 Å². The van der Waals surface area contributed by atoms with Gasteiger partial charge in [-0.2, -0.15) is 0 Å². The van der Waals surface area contributed by atoms with E-state index < -0.39 is 11.8 Å². The van der Waals surface area contributed by atoms with Crippen molar-refractivity contribution in [3.8, 4) is 11.5 Å². The van der Waals surface area contributed by atoms with E-state index in [-0.39, 0.29) is 17.9 Å². The Kier molecular flexibility index (Phi) is 4.09. The lowest BCUT2D eigenvalue weighted by atomic mass is 10.1. The Morgan fingerprint density at radius 3 is 2.53 bits per heavy atom. The topological polar surface area (TPSA) is 72.8 Å². The van der Waals surface area contributed by atoms with Crippen LogP contribution in [0, 0.1) is 6.92 Å². The lowest BCUT2D eigenvalue weighted by molar-refractivity contribution is -0.137. The Morgan fingerprint density at radius 1 is 1.35 bits per heavy atom. The summed E-state index contributed by atoms with van der Waals surface area (Å²) >= 11 is 0. The molecule has 1 aromatic rings. The Labute approximate surface area is 99.0 Å². The van der Waals surface area contributed by atoms with Crippen LogP contribution in [0.4, 0.5) is 0 Å². The predicted octanol–water partition coefficient (Wildman–Crippen LogP) is 1.46. The van der Waals surface area contributed by atoms with Gasteiger partial charge in [0.05, 0.1) is 19.3 Å². The zero-order chi connectivity index (χ0) is 13.0. The number of Topliss-reactive ketones (excluding diaryl/α,β-unsaturated/α-hetero) is 1. The minimum Gasteiger partial charge on any atom is -0.507 e. The van der Waals surface area contributed by atoms with Crippen LogP contribution in [0.1, 0.15) is 22.8 Å². The van der Waals surface area contributed by atoms with E-state index in [9.17, 15) is 14.7 Å². The molecule has 0 aromatic heterocycles. The van der Waals surface area contributed by atoms with Gasteiger partial charge < -0.3 is 14.6 Å². The number of carbonyl (C=O) groups excluding carboxylic acids is 2. The molecule has 0 amide bonds. The molecule has 0 bridgehead atoms. The summed E-state index contributed by atoms with van der Waals surface area (Å²) in [5.74, 6) is -1.66. The highest BCUT2D eigenvalue weighted by atomic mass is 16.5. The second-order valence-electron chi connectivity index (χ2n) is 3.34. The average molecular weight is 238 g/mol. The maximum Gasteiger partial charge on any atom is 0.379 e. The van der Waals surface area contributed by atoms with Crippen molar-refractivity contribution in [3.63, 3.8) is 0 Å². The van der Waals surface area contributed by atoms with Crippen LogP contribution in [0.25, 0.3) is 0 Å². The number of benzene rings is 1. The number of hydrogen-bond donors (Lipinski definition) is 1. The van der Waals surface area contributed by atoms with Gasteiger partial charge in [-0.1, -0.05) is 0 Å². The van der Waals surface area contributed by atoms with Gasteiger partial charge in [-0.3, -0.25) is 4.79 Å². The normalized spacial score (nSPS) is 9.82. The van der Waals surface area contributed by atoms with E-state index in [0.717, 1.165) is 0 Å². The first-order chi connectivity index (χ1) is 8.02. The van der Waals surface area contributed by atoms with E-state index in [4.69, 9.17) is 4.74 Å². The number of phenolic OH excluding ortho intramolecular Hbond substituents is 1. The van der Waals surface area contributed by atoms with Crippen molar-refractivity contribution >= 4 is 11.8 Å². The lowest BCUT2D eigenvalue weighted by Gasteiger charge is -2.09. The molecule has 5 nitrogen and oxygen atoms in total. The fourth-order valence-corrected chi connectivity index (χ4v) is 1.39. The summed E-state index contributed by atoms with van der Waals surface area (Å²) < 4.78 is 9.56. The smallest absolute Gasteiger partial charge is 0.379 e. The minimum atomic E-state index is -0.979. The number of rotatable bonds is 4. The Balaban J connectivity index is 3.12. The van der Waals surface area contributed by atoms with Gasteiger partial charge in [0, 0.05) is 5.56 Å². The number of hydrogen-bond acceptors (Lipinski definition) is 5. The standard InChI is InChI=1S/C12H14O5/c1-4-17-12(15)11(14)8-5-6-9(16-3)7(2)10(8)13/h5-6,13H,4H2,1-3H3. The van der Waals surface area contributed by atoms with Gasteiger partial charge >= 0.3 is 5.97 Å². The molecule has 0 radical (unpaired) electrons. The SMILES string of the molecule is CCOC(=O)C(=O)c1ccc(OC)c(C)c1O. The van der Waals surface area contributed by atoms with E-state index in [2.05, 4.69) is 4.74 Å². The summed E-state index contributed by atoms with van der Waals surface area (Å²) in [6.07, 6.45) is 0. The van der Waals surface area contributed by atoms with E-state index in [0.29, 0.717) is 11.3 Å². The highest BCUT2D eigenvalue weighted by molar-refractivity contribution is 6.41. The molecule has 0 fully saturated rings. The molecule has 17 heavy (non-hydrogen) atoms. The van der Waals surface area contributed by atoms with Crippen LogP contribution < -0.4 is 4.74 Å². The van der Waals surface area contributed by atoms with Gasteiger partial charge in [0.15, 0.2) is 0 Å². The molecule has 0 aliphatic rings. The molecule has 0 unspecified atom stereocenters. The third kappa shape index (κ3) is 2.55. The molecule has 0 atom stereocenters. The number of ether oxygens (including phenoxy) is 2. The molecule has 1 rings (SSSR count).